The number of nitrogens with two attached hydrogens (primary N) is 1. The lowest BCUT2D eigenvalue weighted by molar-refractivity contribution is 0.102. The van der Waals surface area contributed by atoms with Gasteiger partial charge in [-0.3, -0.25) is 4.79 Å². The molecule has 0 bridgehead atoms. The Labute approximate surface area is 121 Å². The van der Waals surface area contributed by atoms with E-state index in [0.717, 1.165) is 16.5 Å². The van der Waals surface area contributed by atoms with Crippen LogP contribution < -0.4 is 11.1 Å². The number of carbonyl (C=O) groups is 1. The van der Waals surface area contributed by atoms with Crippen molar-refractivity contribution < 1.29 is 4.79 Å². The van der Waals surface area contributed by atoms with Crippen LogP contribution in [0.2, 0.25) is 0 Å². The summed E-state index contributed by atoms with van der Waals surface area (Å²) < 4.78 is 0. The number of fused-ring (bicyclic) bond motifs is 1. The maximum absolute atomic E-state index is 12.2. The van der Waals surface area contributed by atoms with E-state index in [1.165, 1.54) is 0 Å². The fourth-order valence-corrected chi connectivity index (χ4v) is 2.03. The highest BCUT2D eigenvalue weighted by Crippen LogP contribution is 2.18. The van der Waals surface area contributed by atoms with E-state index in [1.807, 2.05) is 25.1 Å². The van der Waals surface area contributed by atoms with Crippen molar-refractivity contribution in [2.24, 2.45) is 0 Å². The van der Waals surface area contributed by atoms with Crippen LogP contribution >= 0.6 is 0 Å². The van der Waals surface area contributed by atoms with Gasteiger partial charge in [-0.1, -0.05) is 17.7 Å². The zero-order valence-corrected chi connectivity index (χ0v) is 11.5. The summed E-state index contributed by atoms with van der Waals surface area (Å²) in [7, 11) is 0. The molecule has 1 amide bonds. The van der Waals surface area contributed by atoms with Crippen LogP contribution in [0.3, 0.4) is 0 Å². The molecule has 1 aromatic heterocycles. The van der Waals surface area contributed by atoms with Gasteiger partial charge in [-0.05, 0) is 37.3 Å². The Bertz CT molecular complexity index is 812. The van der Waals surface area contributed by atoms with Gasteiger partial charge in [0.2, 0.25) is 5.95 Å². The van der Waals surface area contributed by atoms with Crippen molar-refractivity contribution in [1.29, 1.82) is 0 Å². The molecule has 0 aliphatic rings. The molecule has 0 saturated carbocycles. The number of aromatic nitrogens is 2. The highest BCUT2D eigenvalue weighted by atomic mass is 16.1. The number of nitrogen functional groups attached to an aromatic ring is 1. The van der Waals surface area contributed by atoms with Gasteiger partial charge in [-0.2, -0.15) is 0 Å². The van der Waals surface area contributed by atoms with Crippen molar-refractivity contribution in [1.82, 2.24) is 9.97 Å². The number of anilines is 2. The van der Waals surface area contributed by atoms with Crippen molar-refractivity contribution >= 4 is 28.4 Å². The number of benzene rings is 2. The largest absolute Gasteiger partial charge is 0.368 e. The molecule has 0 saturated heterocycles. The van der Waals surface area contributed by atoms with Gasteiger partial charge in [0.1, 0.15) is 0 Å². The van der Waals surface area contributed by atoms with Crippen LogP contribution in [0.1, 0.15) is 15.9 Å². The van der Waals surface area contributed by atoms with Crippen molar-refractivity contribution in [3.63, 3.8) is 0 Å². The minimum Gasteiger partial charge on any atom is -0.368 e. The summed E-state index contributed by atoms with van der Waals surface area (Å²) in [5, 5.41) is 3.68. The molecule has 2 aromatic carbocycles. The van der Waals surface area contributed by atoms with E-state index in [1.54, 1.807) is 30.5 Å². The molecule has 3 N–H and O–H groups in total. The maximum atomic E-state index is 12.2. The molecule has 0 atom stereocenters. The van der Waals surface area contributed by atoms with Crippen molar-refractivity contribution in [3.05, 3.63) is 59.8 Å². The van der Waals surface area contributed by atoms with E-state index >= 15 is 0 Å². The van der Waals surface area contributed by atoms with Crippen LogP contribution in [0.15, 0.2) is 48.7 Å². The number of rotatable bonds is 2. The lowest BCUT2D eigenvalue weighted by Gasteiger charge is -2.07. The predicted octanol–water partition coefficient (Wildman–Crippen LogP) is 2.77. The average molecular weight is 278 g/mol. The van der Waals surface area contributed by atoms with Crippen molar-refractivity contribution in [2.75, 3.05) is 11.1 Å². The molecule has 5 nitrogen and oxygen atoms in total. The van der Waals surface area contributed by atoms with Crippen LogP contribution in [-0.4, -0.2) is 15.9 Å². The van der Waals surface area contributed by atoms with Gasteiger partial charge in [0.25, 0.3) is 5.91 Å². The Morgan fingerprint density at radius 3 is 2.67 bits per heavy atom. The number of aryl methyl sites for hydroxylation is 1. The maximum Gasteiger partial charge on any atom is 0.255 e. The molecule has 5 heteroatoms. The van der Waals surface area contributed by atoms with Gasteiger partial charge >= 0.3 is 0 Å². The Morgan fingerprint density at radius 2 is 1.90 bits per heavy atom. The van der Waals surface area contributed by atoms with E-state index in [4.69, 9.17) is 5.73 Å². The molecular formula is C16H14N4O. The zero-order valence-electron chi connectivity index (χ0n) is 11.5. The van der Waals surface area contributed by atoms with Crippen LogP contribution in [0, 0.1) is 6.92 Å². The first-order chi connectivity index (χ1) is 10.1. The van der Waals surface area contributed by atoms with Gasteiger partial charge in [-0.15, -0.1) is 0 Å². The van der Waals surface area contributed by atoms with Crippen molar-refractivity contribution in [2.45, 2.75) is 6.92 Å². The summed E-state index contributed by atoms with van der Waals surface area (Å²) in [5.41, 5.74) is 8.72. The van der Waals surface area contributed by atoms with Gasteiger partial charge in [-0.25, -0.2) is 9.97 Å². The average Bonchev–Trinajstić information content (AvgIpc) is 2.48. The van der Waals surface area contributed by atoms with Gasteiger partial charge in [0.05, 0.1) is 5.52 Å². The van der Waals surface area contributed by atoms with E-state index in [2.05, 4.69) is 15.3 Å². The fraction of sp³-hybridized carbons (Fsp3) is 0.0625. The van der Waals surface area contributed by atoms with Crippen LogP contribution in [-0.2, 0) is 0 Å². The standard InChI is InChI=1S/C16H14N4O/c1-10-2-4-11(5-3-10)15(21)19-13-6-7-14-12(8-13)9-18-16(17)20-14/h2-9H,1H3,(H,19,21)(H2,17,18,20). The lowest BCUT2D eigenvalue weighted by atomic mass is 10.1. The molecule has 3 aromatic rings. The topological polar surface area (TPSA) is 80.9 Å². The number of hydrogen-bond acceptors (Lipinski definition) is 4. The van der Waals surface area contributed by atoms with Crippen molar-refractivity contribution in [3.8, 4) is 0 Å². The Morgan fingerprint density at radius 1 is 1.14 bits per heavy atom. The highest BCUT2D eigenvalue weighted by molar-refractivity contribution is 6.05. The summed E-state index contributed by atoms with van der Waals surface area (Å²) in [6.07, 6.45) is 1.64. The SMILES string of the molecule is Cc1ccc(C(=O)Nc2ccc3nc(N)ncc3c2)cc1. The van der Waals surface area contributed by atoms with E-state index in [9.17, 15) is 4.79 Å². The third-order valence-electron chi connectivity index (χ3n) is 3.17. The molecule has 104 valence electrons. The normalized spacial score (nSPS) is 10.5. The monoisotopic (exact) mass is 278 g/mol. The zero-order chi connectivity index (χ0) is 14.8. The summed E-state index contributed by atoms with van der Waals surface area (Å²) in [6.45, 7) is 1.98. The number of carbonyl (C=O) groups excluding carboxylic acids is 1. The van der Waals surface area contributed by atoms with Gasteiger partial charge in [0, 0.05) is 22.8 Å². The lowest BCUT2D eigenvalue weighted by Crippen LogP contribution is -2.11. The minimum absolute atomic E-state index is 0.147. The smallest absolute Gasteiger partial charge is 0.255 e. The second-order valence-corrected chi connectivity index (χ2v) is 4.82. The van der Waals surface area contributed by atoms with Crippen LogP contribution in [0.5, 0.6) is 0 Å². The predicted molar refractivity (Wildman–Crippen MR) is 83.1 cm³/mol. The molecule has 0 spiro atoms. The number of hydrogen-bond donors (Lipinski definition) is 2. The van der Waals surface area contributed by atoms with Gasteiger partial charge in [0.15, 0.2) is 0 Å². The number of nitrogens with zero attached hydrogens (tertiary/aromatic N) is 2. The first kappa shape index (κ1) is 13.1. The highest BCUT2D eigenvalue weighted by Gasteiger charge is 2.06. The summed E-state index contributed by atoms with van der Waals surface area (Å²) in [5.74, 6) is 0.0876. The summed E-state index contributed by atoms with van der Waals surface area (Å²) >= 11 is 0. The third kappa shape index (κ3) is 2.81. The van der Waals surface area contributed by atoms with E-state index in [0.29, 0.717) is 11.3 Å². The molecule has 0 radical (unpaired) electrons. The molecule has 0 unspecified atom stereocenters. The molecule has 0 aliphatic heterocycles. The number of nitrogens with one attached hydrogen (secondary N) is 1. The van der Waals surface area contributed by atoms with Gasteiger partial charge < -0.3 is 11.1 Å². The Hall–Kier alpha value is -2.95. The minimum atomic E-state index is -0.147. The third-order valence-corrected chi connectivity index (χ3v) is 3.17. The summed E-state index contributed by atoms with van der Waals surface area (Å²) in [4.78, 5) is 20.2. The molecule has 1 heterocycles. The number of amides is 1. The van der Waals surface area contributed by atoms with E-state index < -0.39 is 0 Å². The van der Waals surface area contributed by atoms with Crippen LogP contribution in [0.4, 0.5) is 11.6 Å². The van der Waals surface area contributed by atoms with E-state index in [-0.39, 0.29) is 11.9 Å². The van der Waals surface area contributed by atoms with Crippen LogP contribution in [0.25, 0.3) is 10.9 Å². The fourth-order valence-electron chi connectivity index (χ4n) is 2.03. The second-order valence-electron chi connectivity index (χ2n) is 4.82. The molecule has 3 rings (SSSR count). The summed E-state index contributed by atoms with van der Waals surface area (Å²) in [6, 6.07) is 12.8. The second kappa shape index (κ2) is 5.20. The Kier molecular flexibility index (Phi) is 3.23. The molecule has 0 aliphatic carbocycles. The molecular weight excluding hydrogens is 264 g/mol. The quantitative estimate of drug-likeness (QED) is 0.755. The first-order valence-corrected chi connectivity index (χ1v) is 6.52. The first-order valence-electron chi connectivity index (χ1n) is 6.52. The molecule has 21 heavy (non-hydrogen) atoms. The Balaban J connectivity index is 1.85. The molecule has 0 fully saturated rings.